The van der Waals surface area contributed by atoms with Crippen LogP contribution in [0, 0.1) is 11.3 Å². The van der Waals surface area contributed by atoms with Crippen LogP contribution in [0.2, 0.25) is 0 Å². The second-order valence-electron chi connectivity index (χ2n) is 5.33. The first-order chi connectivity index (χ1) is 6.59. The summed E-state index contributed by atoms with van der Waals surface area (Å²) >= 11 is 0. The molecule has 1 rings (SSSR count). The van der Waals surface area contributed by atoms with Gasteiger partial charge in [-0.2, -0.15) is 0 Å². The molecule has 1 fully saturated rings. The van der Waals surface area contributed by atoms with Gasteiger partial charge in [0, 0.05) is 19.6 Å². The molecule has 1 unspecified atom stereocenters. The maximum atomic E-state index is 3.31. The molecule has 1 aliphatic rings. The molecule has 1 atom stereocenters. The summed E-state index contributed by atoms with van der Waals surface area (Å²) in [6, 6.07) is 0. The van der Waals surface area contributed by atoms with Crippen molar-refractivity contribution in [2.24, 2.45) is 11.3 Å². The zero-order valence-corrected chi connectivity index (χ0v) is 10.3. The highest BCUT2D eigenvalue weighted by atomic mass is 15.1. The van der Waals surface area contributed by atoms with E-state index in [1.54, 1.807) is 0 Å². The molecule has 1 N–H and O–H groups in total. The van der Waals surface area contributed by atoms with Gasteiger partial charge in [-0.15, -0.1) is 0 Å². The number of hydrogen-bond donors (Lipinski definition) is 1. The summed E-state index contributed by atoms with van der Waals surface area (Å²) in [5.74, 6) is 1.01. The molecule has 0 saturated heterocycles. The second-order valence-corrected chi connectivity index (χ2v) is 5.33. The fraction of sp³-hybridized carbons (Fsp3) is 1.00. The SMILES string of the molecule is CCC(C)(CNC)CN(C)CC1CC1. The fourth-order valence-electron chi connectivity index (χ4n) is 2.18. The third-order valence-corrected chi connectivity index (χ3v) is 3.38. The van der Waals surface area contributed by atoms with Gasteiger partial charge >= 0.3 is 0 Å². The molecule has 0 amide bonds. The zero-order chi connectivity index (χ0) is 10.6. The van der Waals surface area contributed by atoms with Crippen LogP contribution in [0.25, 0.3) is 0 Å². The molecule has 0 aromatic rings. The van der Waals surface area contributed by atoms with E-state index in [0.29, 0.717) is 5.41 Å². The van der Waals surface area contributed by atoms with Gasteiger partial charge in [0.1, 0.15) is 0 Å². The van der Waals surface area contributed by atoms with Gasteiger partial charge in [0.15, 0.2) is 0 Å². The lowest BCUT2D eigenvalue weighted by Gasteiger charge is -2.33. The standard InChI is InChI=1S/C12H26N2/c1-5-12(2,9-13-3)10-14(4)8-11-6-7-11/h11,13H,5-10H2,1-4H3. The molecule has 0 aromatic carbocycles. The molecule has 1 aliphatic carbocycles. The van der Waals surface area contributed by atoms with E-state index >= 15 is 0 Å². The van der Waals surface area contributed by atoms with E-state index in [2.05, 4.69) is 38.2 Å². The van der Waals surface area contributed by atoms with Crippen molar-refractivity contribution in [3.63, 3.8) is 0 Å². The number of nitrogens with one attached hydrogen (secondary N) is 1. The van der Waals surface area contributed by atoms with Crippen LogP contribution >= 0.6 is 0 Å². The lowest BCUT2D eigenvalue weighted by molar-refractivity contribution is 0.178. The van der Waals surface area contributed by atoms with E-state index in [4.69, 9.17) is 0 Å². The third kappa shape index (κ3) is 3.97. The lowest BCUT2D eigenvalue weighted by Crippen LogP contribution is -2.40. The van der Waals surface area contributed by atoms with E-state index < -0.39 is 0 Å². The zero-order valence-electron chi connectivity index (χ0n) is 10.3. The average molecular weight is 198 g/mol. The lowest BCUT2D eigenvalue weighted by atomic mass is 9.87. The molecule has 2 nitrogen and oxygen atoms in total. The first-order valence-corrected chi connectivity index (χ1v) is 5.93. The maximum Gasteiger partial charge on any atom is 0.00444 e. The molecule has 0 heterocycles. The van der Waals surface area contributed by atoms with Crippen LogP contribution in [0.15, 0.2) is 0 Å². The Morgan fingerprint density at radius 3 is 2.50 bits per heavy atom. The number of hydrogen-bond acceptors (Lipinski definition) is 2. The summed E-state index contributed by atoms with van der Waals surface area (Å²) in [7, 11) is 4.32. The van der Waals surface area contributed by atoms with Crippen molar-refractivity contribution in [2.45, 2.75) is 33.1 Å². The van der Waals surface area contributed by atoms with E-state index in [1.165, 1.54) is 32.4 Å². The Hall–Kier alpha value is -0.0800. The summed E-state index contributed by atoms with van der Waals surface area (Å²) in [6.07, 6.45) is 4.17. The molecule has 14 heavy (non-hydrogen) atoms. The normalized spacial score (nSPS) is 21.2. The van der Waals surface area contributed by atoms with Crippen molar-refractivity contribution >= 4 is 0 Å². The molecule has 1 saturated carbocycles. The number of rotatable bonds is 7. The first kappa shape index (κ1) is 12.0. The third-order valence-electron chi connectivity index (χ3n) is 3.38. The van der Waals surface area contributed by atoms with Gasteiger partial charge in [-0.1, -0.05) is 13.8 Å². The van der Waals surface area contributed by atoms with Crippen LogP contribution in [0.1, 0.15) is 33.1 Å². The van der Waals surface area contributed by atoms with Crippen molar-refractivity contribution in [3.8, 4) is 0 Å². The Bertz CT molecular complexity index is 166. The van der Waals surface area contributed by atoms with Crippen LogP contribution in [0.3, 0.4) is 0 Å². The van der Waals surface area contributed by atoms with Gasteiger partial charge in [-0.05, 0) is 44.7 Å². The maximum absolute atomic E-state index is 3.31. The molecule has 84 valence electrons. The molecule has 0 aliphatic heterocycles. The van der Waals surface area contributed by atoms with Gasteiger partial charge in [-0.3, -0.25) is 0 Å². The van der Waals surface area contributed by atoms with Crippen molar-refractivity contribution < 1.29 is 0 Å². The van der Waals surface area contributed by atoms with Crippen molar-refractivity contribution in [1.29, 1.82) is 0 Å². The predicted molar refractivity (Wildman–Crippen MR) is 62.5 cm³/mol. The second kappa shape index (κ2) is 5.13. The Labute approximate surface area is 89.1 Å². The van der Waals surface area contributed by atoms with Crippen LogP contribution in [-0.2, 0) is 0 Å². The molecular weight excluding hydrogens is 172 g/mol. The Kier molecular flexibility index (Phi) is 4.39. The van der Waals surface area contributed by atoms with E-state index in [-0.39, 0.29) is 0 Å². The Morgan fingerprint density at radius 2 is 2.07 bits per heavy atom. The smallest absolute Gasteiger partial charge is 0.00444 e. The Morgan fingerprint density at radius 1 is 1.43 bits per heavy atom. The molecule has 0 aromatic heterocycles. The van der Waals surface area contributed by atoms with Crippen LogP contribution in [0.5, 0.6) is 0 Å². The van der Waals surface area contributed by atoms with Gasteiger partial charge in [0.25, 0.3) is 0 Å². The quantitative estimate of drug-likeness (QED) is 0.673. The average Bonchev–Trinajstić information content (AvgIpc) is 2.88. The van der Waals surface area contributed by atoms with Gasteiger partial charge in [-0.25, -0.2) is 0 Å². The molecule has 0 radical (unpaired) electrons. The molecule has 2 heteroatoms. The molecule has 0 spiro atoms. The molecular formula is C12H26N2. The van der Waals surface area contributed by atoms with Crippen molar-refractivity contribution in [1.82, 2.24) is 10.2 Å². The van der Waals surface area contributed by atoms with Gasteiger partial charge in [0.05, 0.1) is 0 Å². The summed E-state index contributed by atoms with van der Waals surface area (Å²) in [4.78, 5) is 2.51. The minimum atomic E-state index is 0.443. The Balaban J connectivity index is 2.28. The highest BCUT2D eigenvalue weighted by molar-refractivity contribution is 4.81. The fourth-order valence-corrected chi connectivity index (χ4v) is 2.18. The van der Waals surface area contributed by atoms with E-state index in [0.717, 1.165) is 12.5 Å². The first-order valence-electron chi connectivity index (χ1n) is 5.93. The van der Waals surface area contributed by atoms with Crippen LogP contribution in [0.4, 0.5) is 0 Å². The largest absolute Gasteiger partial charge is 0.319 e. The van der Waals surface area contributed by atoms with Gasteiger partial charge < -0.3 is 10.2 Å². The molecule has 0 bridgehead atoms. The summed E-state index contributed by atoms with van der Waals surface area (Å²) in [5, 5.41) is 3.31. The monoisotopic (exact) mass is 198 g/mol. The minimum absolute atomic E-state index is 0.443. The predicted octanol–water partition coefficient (Wildman–Crippen LogP) is 1.96. The van der Waals surface area contributed by atoms with Crippen molar-refractivity contribution in [3.05, 3.63) is 0 Å². The van der Waals surface area contributed by atoms with Crippen LogP contribution in [-0.4, -0.2) is 38.6 Å². The highest BCUT2D eigenvalue weighted by Crippen LogP contribution is 2.30. The summed E-state index contributed by atoms with van der Waals surface area (Å²) < 4.78 is 0. The highest BCUT2D eigenvalue weighted by Gasteiger charge is 2.27. The number of nitrogens with zero attached hydrogens (tertiary/aromatic N) is 1. The van der Waals surface area contributed by atoms with E-state index in [9.17, 15) is 0 Å². The van der Waals surface area contributed by atoms with Crippen LogP contribution < -0.4 is 5.32 Å². The van der Waals surface area contributed by atoms with Crippen molar-refractivity contribution in [2.75, 3.05) is 33.7 Å². The topological polar surface area (TPSA) is 15.3 Å². The van der Waals surface area contributed by atoms with E-state index in [1.807, 2.05) is 0 Å². The minimum Gasteiger partial charge on any atom is -0.319 e. The van der Waals surface area contributed by atoms with Gasteiger partial charge in [0.2, 0.25) is 0 Å². The summed E-state index contributed by atoms with van der Waals surface area (Å²) in [5.41, 5.74) is 0.443. The summed E-state index contributed by atoms with van der Waals surface area (Å²) in [6.45, 7) is 8.33.